The molecule has 0 N–H and O–H groups in total. The molecule has 138 valence electrons. The van der Waals surface area contributed by atoms with Crippen molar-refractivity contribution >= 4 is 22.9 Å². The minimum absolute atomic E-state index is 0.342. The molecular weight excluding hydrogens is 358 g/mol. The summed E-state index contributed by atoms with van der Waals surface area (Å²) in [4.78, 5) is 16.2. The van der Waals surface area contributed by atoms with Gasteiger partial charge in [-0.15, -0.1) is 11.3 Å². The fourth-order valence-corrected chi connectivity index (χ4v) is 3.22. The van der Waals surface area contributed by atoms with E-state index in [1.807, 2.05) is 60.0 Å². The Balaban J connectivity index is 1.67. The quantitative estimate of drug-likeness (QED) is 0.412. The monoisotopic (exact) mass is 379 g/mol. The third kappa shape index (κ3) is 5.79. The Morgan fingerprint density at radius 2 is 1.85 bits per heavy atom. The van der Waals surface area contributed by atoms with Crippen LogP contribution in [0.25, 0.3) is 5.57 Å². The Labute approximate surface area is 163 Å². The average Bonchev–Trinajstić information content (AvgIpc) is 3.23. The minimum Gasteiger partial charge on any atom is -0.489 e. The standard InChI is InChI=1S/C22H21NO3S/c1-2-25-21(24)15-19(22-23-12-13-27-22)14-17-8-10-20(11-9-17)26-16-18-6-4-3-5-7-18/h3-13,15H,2,14,16H2,1H3. The van der Waals surface area contributed by atoms with E-state index in [4.69, 9.17) is 9.47 Å². The molecule has 3 aromatic rings. The van der Waals surface area contributed by atoms with Crippen LogP contribution < -0.4 is 4.74 Å². The highest BCUT2D eigenvalue weighted by molar-refractivity contribution is 7.10. The number of allylic oxidation sites excluding steroid dienone is 1. The molecule has 0 aliphatic rings. The van der Waals surface area contributed by atoms with Gasteiger partial charge in [0.05, 0.1) is 6.61 Å². The van der Waals surface area contributed by atoms with Gasteiger partial charge in [0.1, 0.15) is 17.4 Å². The normalized spacial score (nSPS) is 11.2. The van der Waals surface area contributed by atoms with E-state index in [1.165, 1.54) is 17.4 Å². The highest BCUT2D eigenvalue weighted by atomic mass is 32.1. The summed E-state index contributed by atoms with van der Waals surface area (Å²) in [6.45, 7) is 2.68. The van der Waals surface area contributed by atoms with Gasteiger partial charge in [0.15, 0.2) is 0 Å². The first-order valence-corrected chi connectivity index (χ1v) is 9.65. The number of thiazole rings is 1. The molecule has 0 saturated carbocycles. The van der Waals surface area contributed by atoms with Gasteiger partial charge in [0, 0.05) is 24.1 Å². The van der Waals surface area contributed by atoms with Crippen LogP contribution in [0.4, 0.5) is 0 Å². The lowest BCUT2D eigenvalue weighted by Crippen LogP contribution is -2.02. The van der Waals surface area contributed by atoms with Crippen molar-refractivity contribution in [3.05, 3.63) is 88.4 Å². The van der Waals surface area contributed by atoms with Crippen molar-refractivity contribution in [3.8, 4) is 5.75 Å². The molecule has 0 fully saturated rings. The molecule has 0 aliphatic carbocycles. The number of hydrogen-bond donors (Lipinski definition) is 0. The third-order valence-electron chi connectivity index (χ3n) is 3.85. The van der Waals surface area contributed by atoms with E-state index in [-0.39, 0.29) is 5.97 Å². The van der Waals surface area contributed by atoms with E-state index in [0.717, 1.165) is 27.5 Å². The van der Waals surface area contributed by atoms with Gasteiger partial charge >= 0.3 is 5.97 Å². The summed E-state index contributed by atoms with van der Waals surface area (Å²) >= 11 is 1.51. The highest BCUT2D eigenvalue weighted by Crippen LogP contribution is 2.23. The Morgan fingerprint density at radius 1 is 1.07 bits per heavy atom. The van der Waals surface area contributed by atoms with Gasteiger partial charge in [0.25, 0.3) is 0 Å². The van der Waals surface area contributed by atoms with Crippen LogP contribution in [0.15, 0.2) is 72.3 Å². The van der Waals surface area contributed by atoms with Crippen molar-refractivity contribution in [1.82, 2.24) is 4.98 Å². The zero-order chi connectivity index (χ0) is 18.9. The summed E-state index contributed by atoms with van der Waals surface area (Å²) < 4.78 is 10.9. The number of carbonyl (C=O) groups excluding carboxylic acids is 1. The maximum atomic E-state index is 11.9. The summed E-state index contributed by atoms with van der Waals surface area (Å²) in [7, 11) is 0. The van der Waals surface area contributed by atoms with E-state index in [9.17, 15) is 4.79 Å². The summed E-state index contributed by atoms with van der Waals surface area (Å²) in [5.41, 5.74) is 3.05. The Morgan fingerprint density at radius 3 is 2.52 bits per heavy atom. The molecule has 0 unspecified atom stereocenters. The molecular formula is C22H21NO3S. The van der Waals surface area contributed by atoms with Crippen LogP contribution >= 0.6 is 11.3 Å². The molecule has 0 atom stereocenters. The molecule has 4 nitrogen and oxygen atoms in total. The second kappa shape index (κ2) is 9.69. The summed E-state index contributed by atoms with van der Waals surface area (Å²) in [5.74, 6) is 0.471. The Kier molecular flexibility index (Phi) is 6.77. The molecule has 0 bridgehead atoms. The Hall–Kier alpha value is -2.92. The van der Waals surface area contributed by atoms with Gasteiger partial charge in [-0.3, -0.25) is 0 Å². The fourth-order valence-electron chi connectivity index (χ4n) is 2.56. The smallest absolute Gasteiger partial charge is 0.331 e. The lowest BCUT2D eigenvalue weighted by molar-refractivity contribution is -0.137. The number of carbonyl (C=O) groups is 1. The molecule has 3 rings (SSSR count). The first-order chi connectivity index (χ1) is 13.2. The number of benzene rings is 2. The largest absolute Gasteiger partial charge is 0.489 e. The van der Waals surface area contributed by atoms with Crippen LogP contribution in [0.2, 0.25) is 0 Å². The lowest BCUT2D eigenvalue weighted by Gasteiger charge is -2.09. The number of nitrogens with zero attached hydrogens (tertiary/aromatic N) is 1. The van der Waals surface area contributed by atoms with E-state index in [0.29, 0.717) is 19.6 Å². The van der Waals surface area contributed by atoms with Crippen LogP contribution in [-0.4, -0.2) is 17.6 Å². The second-order valence-electron chi connectivity index (χ2n) is 5.85. The van der Waals surface area contributed by atoms with Gasteiger partial charge in [-0.05, 0) is 35.8 Å². The van der Waals surface area contributed by atoms with E-state index < -0.39 is 0 Å². The molecule has 1 heterocycles. The van der Waals surface area contributed by atoms with Gasteiger partial charge in [0.2, 0.25) is 0 Å². The predicted octanol–water partition coefficient (Wildman–Crippen LogP) is 4.91. The number of hydrogen-bond acceptors (Lipinski definition) is 5. The van der Waals surface area contributed by atoms with Crippen molar-refractivity contribution in [1.29, 1.82) is 0 Å². The summed E-state index contributed by atoms with van der Waals surface area (Å²) in [6.07, 6.45) is 3.87. The van der Waals surface area contributed by atoms with Crippen LogP contribution in [0.1, 0.15) is 23.1 Å². The number of ether oxygens (including phenoxy) is 2. The predicted molar refractivity (Wildman–Crippen MR) is 108 cm³/mol. The van der Waals surface area contributed by atoms with Gasteiger partial charge < -0.3 is 9.47 Å². The molecule has 0 radical (unpaired) electrons. The number of rotatable bonds is 8. The van der Waals surface area contributed by atoms with Crippen molar-refractivity contribution in [2.75, 3.05) is 6.61 Å². The SMILES string of the molecule is CCOC(=O)C=C(Cc1ccc(OCc2ccccc2)cc1)c1nccs1. The van der Waals surface area contributed by atoms with E-state index >= 15 is 0 Å². The zero-order valence-corrected chi connectivity index (χ0v) is 15.9. The topological polar surface area (TPSA) is 48.4 Å². The molecule has 5 heteroatoms. The molecule has 0 aliphatic heterocycles. The molecule has 1 aromatic heterocycles. The number of aromatic nitrogens is 1. The third-order valence-corrected chi connectivity index (χ3v) is 4.70. The van der Waals surface area contributed by atoms with Crippen LogP contribution in [-0.2, 0) is 22.6 Å². The highest BCUT2D eigenvalue weighted by Gasteiger charge is 2.10. The van der Waals surface area contributed by atoms with Gasteiger partial charge in [-0.25, -0.2) is 9.78 Å². The Bertz CT molecular complexity index is 872. The summed E-state index contributed by atoms with van der Waals surface area (Å²) in [6, 6.07) is 18.0. The molecule has 0 spiro atoms. The summed E-state index contributed by atoms with van der Waals surface area (Å²) in [5, 5.41) is 2.72. The lowest BCUT2D eigenvalue weighted by atomic mass is 10.1. The first-order valence-electron chi connectivity index (χ1n) is 8.77. The van der Waals surface area contributed by atoms with Crippen molar-refractivity contribution < 1.29 is 14.3 Å². The molecule has 2 aromatic carbocycles. The van der Waals surface area contributed by atoms with Crippen molar-refractivity contribution in [3.63, 3.8) is 0 Å². The van der Waals surface area contributed by atoms with Crippen molar-refractivity contribution in [2.24, 2.45) is 0 Å². The average molecular weight is 379 g/mol. The minimum atomic E-state index is -0.342. The second-order valence-corrected chi connectivity index (χ2v) is 6.75. The van der Waals surface area contributed by atoms with E-state index in [1.54, 1.807) is 13.1 Å². The van der Waals surface area contributed by atoms with Gasteiger partial charge in [-0.2, -0.15) is 0 Å². The zero-order valence-electron chi connectivity index (χ0n) is 15.1. The molecule has 0 saturated heterocycles. The number of esters is 1. The molecule has 27 heavy (non-hydrogen) atoms. The van der Waals surface area contributed by atoms with E-state index in [2.05, 4.69) is 4.98 Å². The van der Waals surface area contributed by atoms with Crippen LogP contribution in [0.3, 0.4) is 0 Å². The van der Waals surface area contributed by atoms with Gasteiger partial charge in [-0.1, -0.05) is 42.5 Å². The maximum Gasteiger partial charge on any atom is 0.331 e. The maximum absolute atomic E-state index is 11.9. The fraction of sp³-hybridized carbons (Fsp3) is 0.182. The first kappa shape index (κ1) is 18.9. The molecule has 0 amide bonds. The van der Waals surface area contributed by atoms with Crippen LogP contribution in [0.5, 0.6) is 5.75 Å². The van der Waals surface area contributed by atoms with Crippen LogP contribution in [0, 0.1) is 0 Å². The van der Waals surface area contributed by atoms with Crippen molar-refractivity contribution in [2.45, 2.75) is 20.0 Å².